The van der Waals surface area contributed by atoms with Gasteiger partial charge in [-0.05, 0) is 37.5 Å². The first-order valence-electron chi connectivity index (χ1n) is 8.10. The molecule has 1 saturated heterocycles. The van der Waals surface area contributed by atoms with Crippen LogP contribution in [0.2, 0.25) is 0 Å². The van der Waals surface area contributed by atoms with Gasteiger partial charge in [-0.25, -0.2) is 0 Å². The lowest BCUT2D eigenvalue weighted by Crippen LogP contribution is -2.27. The Morgan fingerprint density at radius 1 is 1.25 bits per heavy atom. The Labute approximate surface area is 139 Å². The maximum absolute atomic E-state index is 12.3. The molecular formula is C17H19N3O4. The van der Waals surface area contributed by atoms with Gasteiger partial charge in [-0.1, -0.05) is 6.07 Å². The van der Waals surface area contributed by atoms with Crippen LogP contribution in [0.4, 0.5) is 5.82 Å². The number of aromatic amines is 1. The van der Waals surface area contributed by atoms with Crippen LogP contribution in [0.3, 0.4) is 0 Å². The smallest absolute Gasteiger partial charge is 0.254 e. The number of rotatable bonds is 3. The molecule has 1 amide bonds. The maximum Gasteiger partial charge on any atom is 0.254 e. The van der Waals surface area contributed by atoms with Crippen molar-refractivity contribution in [1.29, 1.82) is 0 Å². The van der Waals surface area contributed by atoms with Gasteiger partial charge in [-0.3, -0.25) is 9.89 Å². The molecule has 1 fully saturated rings. The van der Waals surface area contributed by atoms with Crippen molar-refractivity contribution in [2.24, 2.45) is 0 Å². The molecule has 0 saturated carbocycles. The molecular weight excluding hydrogens is 310 g/mol. The van der Waals surface area contributed by atoms with E-state index in [0.29, 0.717) is 31.4 Å². The summed E-state index contributed by atoms with van der Waals surface area (Å²) in [5.74, 6) is 1.79. The SMILES string of the molecule is Cc1[nH]nc(NC(=O)[C@H]2CCCO2)c1-c1ccc2c(c1)OCCO2. The van der Waals surface area contributed by atoms with Gasteiger partial charge in [0.2, 0.25) is 0 Å². The summed E-state index contributed by atoms with van der Waals surface area (Å²) < 4.78 is 16.6. The van der Waals surface area contributed by atoms with Crippen molar-refractivity contribution >= 4 is 11.7 Å². The fourth-order valence-corrected chi connectivity index (χ4v) is 3.05. The van der Waals surface area contributed by atoms with Gasteiger partial charge in [0.1, 0.15) is 19.3 Å². The molecule has 126 valence electrons. The van der Waals surface area contributed by atoms with Crippen LogP contribution >= 0.6 is 0 Å². The molecule has 0 spiro atoms. The van der Waals surface area contributed by atoms with Gasteiger partial charge in [-0.15, -0.1) is 0 Å². The van der Waals surface area contributed by atoms with Crippen molar-refractivity contribution in [3.8, 4) is 22.6 Å². The van der Waals surface area contributed by atoms with Crippen molar-refractivity contribution < 1.29 is 19.0 Å². The van der Waals surface area contributed by atoms with E-state index in [9.17, 15) is 4.79 Å². The number of hydrogen-bond donors (Lipinski definition) is 2. The number of aryl methyl sites for hydroxylation is 1. The molecule has 0 unspecified atom stereocenters. The van der Waals surface area contributed by atoms with E-state index in [-0.39, 0.29) is 5.91 Å². The Balaban J connectivity index is 1.63. The van der Waals surface area contributed by atoms with Gasteiger partial charge in [0.25, 0.3) is 5.91 Å². The highest BCUT2D eigenvalue weighted by atomic mass is 16.6. The molecule has 0 bridgehead atoms. The summed E-state index contributed by atoms with van der Waals surface area (Å²) in [4.78, 5) is 12.3. The number of nitrogens with one attached hydrogen (secondary N) is 2. The number of H-pyrrole nitrogens is 1. The quantitative estimate of drug-likeness (QED) is 0.902. The van der Waals surface area contributed by atoms with Gasteiger partial charge >= 0.3 is 0 Å². The summed E-state index contributed by atoms with van der Waals surface area (Å²) in [6, 6.07) is 5.73. The number of fused-ring (bicyclic) bond motifs is 1. The number of amides is 1. The molecule has 2 aliphatic rings. The monoisotopic (exact) mass is 329 g/mol. The van der Waals surface area contributed by atoms with Crippen molar-refractivity contribution in [2.75, 3.05) is 25.1 Å². The van der Waals surface area contributed by atoms with E-state index in [0.717, 1.165) is 35.4 Å². The fourth-order valence-electron chi connectivity index (χ4n) is 3.05. The molecule has 0 aliphatic carbocycles. The Hall–Kier alpha value is -2.54. The zero-order valence-electron chi connectivity index (χ0n) is 13.4. The zero-order valence-corrected chi connectivity index (χ0v) is 13.4. The summed E-state index contributed by atoms with van der Waals surface area (Å²) in [6.07, 6.45) is 1.26. The molecule has 1 aromatic heterocycles. The summed E-state index contributed by atoms with van der Waals surface area (Å²) in [5, 5.41) is 10.0. The van der Waals surface area contributed by atoms with Gasteiger partial charge < -0.3 is 19.5 Å². The first kappa shape index (κ1) is 15.0. The molecule has 2 aromatic rings. The Bertz CT molecular complexity index is 765. The molecule has 0 radical (unpaired) electrons. The second-order valence-corrected chi connectivity index (χ2v) is 5.92. The third kappa shape index (κ3) is 2.71. The number of carbonyl (C=O) groups is 1. The predicted octanol–water partition coefficient (Wildman–Crippen LogP) is 2.27. The highest BCUT2D eigenvalue weighted by molar-refractivity contribution is 5.97. The van der Waals surface area contributed by atoms with E-state index in [1.165, 1.54) is 0 Å². The van der Waals surface area contributed by atoms with Crippen LogP contribution in [-0.4, -0.2) is 42.0 Å². The van der Waals surface area contributed by atoms with E-state index in [4.69, 9.17) is 14.2 Å². The largest absolute Gasteiger partial charge is 0.486 e. The lowest BCUT2D eigenvalue weighted by Gasteiger charge is -2.19. The molecule has 4 rings (SSSR count). The maximum atomic E-state index is 12.3. The number of aromatic nitrogens is 2. The average molecular weight is 329 g/mol. The minimum atomic E-state index is -0.393. The van der Waals surface area contributed by atoms with Gasteiger partial charge in [0.15, 0.2) is 17.3 Å². The van der Waals surface area contributed by atoms with Crippen LogP contribution in [0.25, 0.3) is 11.1 Å². The lowest BCUT2D eigenvalue weighted by molar-refractivity contribution is -0.124. The van der Waals surface area contributed by atoms with Gasteiger partial charge in [-0.2, -0.15) is 5.10 Å². The molecule has 24 heavy (non-hydrogen) atoms. The Morgan fingerprint density at radius 3 is 2.88 bits per heavy atom. The third-order valence-corrected chi connectivity index (χ3v) is 4.24. The van der Waals surface area contributed by atoms with Crippen molar-refractivity contribution in [2.45, 2.75) is 25.9 Å². The minimum Gasteiger partial charge on any atom is -0.486 e. The molecule has 1 atom stereocenters. The molecule has 2 aliphatic heterocycles. The second kappa shape index (κ2) is 6.16. The number of hydrogen-bond acceptors (Lipinski definition) is 5. The number of nitrogens with zero attached hydrogens (tertiary/aromatic N) is 1. The van der Waals surface area contributed by atoms with Crippen LogP contribution in [0.1, 0.15) is 18.5 Å². The number of benzene rings is 1. The summed E-state index contributed by atoms with van der Waals surface area (Å²) in [7, 11) is 0. The van der Waals surface area contributed by atoms with Crippen LogP contribution in [-0.2, 0) is 9.53 Å². The molecule has 7 heteroatoms. The van der Waals surface area contributed by atoms with E-state index in [2.05, 4.69) is 15.5 Å². The highest BCUT2D eigenvalue weighted by Crippen LogP contribution is 2.37. The number of ether oxygens (including phenoxy) is 3. The van der Waals surface area contributed by atoms with Gasteiger partial charge in [0.05, 0.1) is 0 Å². The first-order valence-corrected chi connectivity index (χ1v) is 8.10. The van der Waals surface area contributed by atoms with Crippen LogP contribution < -0.4 is 14.8 Å². The molecule has 7 nitrogen and oxygen atoms in total. The normalized spacial score (nSPS) is 19.3. The van der Waals surface area contributed by atoms with Gasteiger partial charge in [0, 0.05) is 17.9 Å². The minimum absolute atomic E-state index is 0.155. The highest BCUT2D eigenvalue weighted by Gasteiger charge is 2.26. The van der Waals surface area contributed by atoms with Crippen molar-refractivity contribution in [3.05, 3.63) is 23.9 Å². The van der Waals surface area contributed by atoms with E-state index in [1.807, 2.05) is 25.1 Å². The zero-order chi connectivity index (χ0) is 16.5. The molecule has 2 N–H and O–H groups in total. The first-order chi connectivity index (χ1) is 11.7. The summed E-state index contributed by atoms with van der Waals surface area (Å²) in [5.41, 5.74) is 2.63. The second-order valence-electron chi connectivity index (χ2n) is 5.92. The van der Waals surface area contributed by atoms with E-state index in [1.54, 1.807) is 0 Å². The number of anilines is 1. The Morgan fingerprint density at radius 2 is 2.08 bits per heavy atom. The van der Waals surface area contributed by atoms with Crippen LogP contribution in [0.15, 0.2) is 18.2 Å². The topological polar surface area (TPSA) is 85.5 Å². The fraction of sp³-hybridized carbons (Fsp3) is 0.412. The number of carbonyl (C=O) groups excluding carboxylic acids is 1. The lowest BCUT2D eigenvalue weighted by atomic mass is 10.0. The van der Waals surface area contributed by atoms with Crippen molar-refractivity contribution in [3.63, 3.8) is 0 Å². The average Bonchev–Trinajstić information content (AvgIpc) is 3.25. The van der Waals surface area contributed by atoms with Crippen LogP contribution in [0, 0.1) is 6.92 Å². The predicted molar refractivity (Wildman–Crippen MR) is 87.4 cm³/mol. The van der Waals surface area contributed by atoms with E-state index >= 15 is 0 Å². The summed E-state index contributed by atoms with van der Waals surface area (Å²) >= 11 is 0. The molecule has 1 aromatic carbocycles. The van der Waals surface area contributed by atoms with E-state index < -0.39 is 6.10 Å². The Kier molecular flexibility index (Phi) is 3.86. The summed E-state index contributed by atoms with van der Waals surface area (Å²) in [6.45, 7) is 3.64. The standard InChI is InChI=1S/C17H19N3O4/c1-10-15(11-4-5-12-14(9-11)24-8-7-23-12)16(20-19-10)18-17(21)13-3-2-6-22-13/h4-5,9,13H,2-3,6-8H2,1H3,(H2,18,19,20,21)/t13-/m1/s1. The van der Waals surface area contributed by atoms with Crippen LogP contribution in [0.5, 0.6) is 11.5 Å². The molecule has 3 heterocycles. The van der Waals surface area contributed by atoms with Crippen molar-refractivity contribution in [1.82, 2.24) is 10.2 Å². The third-order valence-electron chi connectivity index (χ3n) is 4.24.